The Hall–Kier alpha value is -4.33. The predicted molar refractivity (Wildman–Crippen MR) is 134 cm³/mol. The van der Waals surface area contributed by atoms with E-state index >= 15 is 0 Å². The van der Waals surface area contributed by atoms with Crippen LogP contribution in [0.25, 0.3) is 0 Å². The van der Waals surface area contributed by atoms with Gasteiger partial charge >= 0.3 is 0 Å². The van der Waals surface area contributed by atoms with E-state index in [1.165, 1.54) is 6.07 Å². The number of ether oxygens (including phenoxy) is 1. The number of rotatable bonds is 7. The van der Waals surface area contributed by atoms with Gasteiger partial charge in [-0.2, -0.15) is 0 Å². The fourth-order valence-electron chi connectivity index (χ4n) is 4.84. The van der Waals surface area contributed by atoms with E-state index in [1.807, 2.05) is 30.3 Å². The molecule has 0 spiro atoms. The number of amides is 3. The number of phenolic OH excluding ortho intramolecular Hbond substituents is 1. The molecule has 36 heavy (non-hydrogen) atoms. The van der Waals surface area contributed by atoms with E-state index in [0.29, 0.717) is 36.7 Å². The lowest BCUT2D eigenvalue weighted by molar-refractivity contribution is -0.118. The summed E-state index contributed by atoms with van der Waals surface area (Å²) in [6, 6.07) is 21.1. The lowest BCUT2D eigenvalue weighted by Gasteiger charge is -2.21. The minimum absolute atomic E-state index is 0.0797. The minimum Gasteiger partial charge on any atom is -0.507 e. The second-order valence-electron chi connectivity index (χ2n) is 9.16. The maximum Gasteiger partial charge on any atom is 0.257 e. The number of benzene rings is 3. The monoisotopic (exact) mass is 485 g/mol. The first-order valence-electron chi connectivity index (χ1n) is 11.9. The summed E-state index contributed by atoms with van der Waals surface area (Å²) in [6.07, 6.45) is 0. The topological polar surface area (TPSA) is 108 Å². The lowest BCUT2D eigenvalue weighted by atomic mass is 10.1. The Bertz CT molecular complexity index is 1280. The van der Waals surface area contributed by atoms with Crippen molar-refractivity contribution < 1.29 is 24.2 Å². The fourth-order valence-corrected chi connectivity index (χ4v) is 4.84. The number of nitrogens with zero attached hydrogens (tertiary/aromatic N) is 1. The molecule has 184 valence electrons. The van der Waals surface area contributed by atoms with Gasteiger partial charge < -0.3 is 25.4 Å². The van der Waals surface area contributed by atoms with Crippen LogP contribution in [0.4, 0.5) is 5.69 Å². The van der Waals surface area contributed by atoms with Gasteiger partial charge in [-0.05, 0) is 59.9 Å². The molecule has 1 aliphatic carbocycles. The standard InChI is InChI=1S/C28H27N3O5/c1-29-26(33)18-7-9-19(10-8-18)30-27(34)25-22-14-31(15-23(22)25)28(35)21-13-20(11-12-24(21)32)36-16-17-5-3-2-4-6-17/h2-13,22-23,25,32H,14-16H2,1H3,(H,29,33)(H,30,34)/t22-,23-/m0/s1. The fraction of sp³-hybridized carbons (Fsp3) is 0.250. The first-order chi connectivity index (χ1) is 17.4. The highest BCUT2D eigenvalue weighted by Gasteiger charge is 2.60. The molecule has 5 rings (SSSR count). The average Bonchev–Trinajstić information content (AvgIpc) is 3.41. The van der Waals surface area contributed by atoms with Crippen LogP contribution >= 0.6 is 0 Å². The number of phenols is 1. The highest BCUT2D eigenvalue weighted by atomic mass is 16.5. The van der Waals surface area contributed by atoms with E-state index in [4.69, 9.17) is 4.74 Å². The van der Waals surface area contributed by atoms with Crippen molar-refractivity contribution in [2.75, 3.05) is 25.5 Å². The Balaban J connectivity index is 1.16. The van der Waals surface area contributed by atoms with Gasteiger partial charge in [-0.1, -0.05) is 30.3 Å². The van der Waals surface area contributed by atoms with Crippen LogP contribution in [-0.2, 0) is 11.4 Å². The zero-order valence-electron chi connectivity index (χ0n) is 19.8. The summed E-state index contributed by atoms with van der Waals surface area (Å²) in [7, 11) is 1.57. The van der Waals surface area contributed by atoms with E-state index in [1.54, 1.807) is 48.3 Å². The molecule has 8 nitrogen and oxygen atoms in total. The molecule has 3 amide bonds. The maximum atomic E-state index is 13.1. The van der Waals surface area contributed by atoms with Crippen LogP contribution in [0.2, 0.25) is 0 Å². The van der Waals surface area contributed by atoms with Gasteiger partial charge in [0.2, 0.25) is 5.91 Å². The first-order valence-corrected chi connectivity index (χ1v) is 11.9. The summed E-state index contributed by atoms with van der Waals surface area (Å²) in [5, 5.41) is 15.8. The third-order valence-electron chi connectivity index (χ3n) is 6.87. The number of likely N-dealkylation sites (tertiary alicyclic amines) is 1. The number of anilines is 1. The van der Waals surface area contributed by atoms with Crippen LogP contribution < -0.4 is 15.4 Å². The Morgan fingerprint density at radius 1 is 0.972 bits per heavy atom. The molecule has 2 fully saturated rings. The van der Waals surface area contributed by atoms with E-state index in [2.05, 4.69) is 10.6 Å². The van der Waals surface area contributed by atoms with Crippen LogP contribution in [-0.4, -0.2) is 47.9 Å². The molecule has 1 saturated heterocycles. The Morgan fingerprint density at radius 2 is 1.67 bits per heavy atom. The molecule has 3 N–H and O–H groups in total. The van der Waals surface area contributed by atoms with E-state index in [-0.39, 0.29) is 46.8 Å². The van der Waals surface area contributed by atoms with E-state index in [0.717, 1.165) is 5.56 Å². The van der Waals surface area contributed by atoms with Crippen molar-refractivity contribution in [2.24, 2.45) is 17.8 Å². The van der Waals surface area contributed by atoms with E-state index < -0.39 is 0 Å². The maximum absolute atomic E-state index is 13.1. The molecular formula is C28H27N3O5. The first kappa shape index (κ1) is 23.4. The number of carbonyl (C=O) groups is 3. The number of fused-ring (bicyclic) bond motifs is 1. The second-order valence-corrected chi connectivity index (χ2v) is 9.16. The molecule has 0 aromatic heterocycles. The summed E-state index contributed by atoms with van der Waals surface area (Å²) in [4.78, 5) is 39.2. The SMILES string of the molecule is CNC(=O)c1ccc(NC(=O)C2[C@H]3CN(C(=O)c4cc(OCc5ccccc5)ccc4O)C[C@H]23)cc1. The number of piperidine rings is 1. The number of nitrogens with one attached hydrogen (secondary N) is 2. The van der Waals surface area contributed by atoms with Crippen molar-refractivity contribution in [1.82, 2.24) is 10.2 Å². The number of hydrogen-bond donors (Lipinski definition) is 3. The zero-order valence-corrected chi connectivity index (χ0v) is 19.8. The Morgan fingerprint density at radius 3 is 2.33 bits per heavy atom. The van der Waals surface area contributed by atoms with Gasteiger partial charge in [0.05, 0.1) is 5.56 Å². The number of hydrogen-bond acceptors (Lipinski definition) is 5. The van der Waals surface area contributed by atoms with E-state index in [9.17, 15) is 19.5 Å². The zero-order chi connectivity index (χ0) is 25.2. The van der Waals surface area contributed by atoms with Crippen LogP contribution in [0.1, 0.15) is 26.3 Å². The summed E-state index contributed by atoms with van der Waals surface area (Å²) in [6.45, 7) is 1.29. The Labute approximate surface area is 208 Å². The molecule has 0 radical (unpaired) electrons. The van der Waals surface area contributed by atoms with Gasteiger partial charge in [-0.3, -0.25) is 14.4 Å². The van der Waals surface area contributed by atoms with Gasteiger partial charge in [-0.15, -0.1) is 0 Å². The summed E-state index contributed by atoms with van der Waals surface area (Å²) < 4.78 is 5.81. The highest BCUT2D eigenvalue weighted by molar-refractivity contribution is 5.99. The third-order valence-corrected chi connectivity index (χ3v) is 6.87. The molecule has 1 saturated carbocycles. The molecule has 0 bridgehead atoms. The number of carbonyl (C=O) groups excluding carboxylic acids is 3. The summed E-state index contributed by atoms with van der Waals surface area (Å²) in [5.41, 5.74) is 2.34. The smallest absolute Gasteiger partial charge is 0.257 e. The molecule has 1 aliphatic heterocycles. The van der Waals surface area contributed by atoms with Crippen molar-refractivity contribution in [3.63, 3.8) is 0 Å². The molecule has 8 heteroatoms. The molecular weight excluding hydrogens is 458 g/mol. The van der Waals surface area contributed by atoms with Crippen LogP contribution in [0.5, 0.6) is 11.5 Å². The minimum atomic E-state index is -0.270. The quantitative estimate of drug-likeness (QED) is 0.476. The van der Waals surface area contributed by atoms with Gasteiger partial charge in [0, 0.05) is 37.3 Å². The summed E-state index contributed by atoms with van der Waals surface area (Å²) >= 11 is 0. The van der Waals surface area contributed by atoms with Crippen molar-refractivity contribution in [2.45, 2.75) is 6.61 Å². The van der Waals surface area contributed by atoms with Crippen molar-refractivity contribution in [1.29, 1.82) is 0 Å². The molecule has 0 unspecified atom stereocenters. The predicted octanol–water partition coefficient (Wildman–Crippen LogP) is 3.29. The van der Waals surface area contributed by atoms with Crippen LogP contribution in [0.3, 0.4) is 0 Å². The normalized spacial score (nSPS) is 19.8. The molecule has 2 atom stereocenters. The van der Waals surface area contributed by atoms with Gasteiger partial charge in [0.15, 0.2) is 0 Å². The third kappa shape index (κ3) is 4.75. The molecule has 1 heterocycles. The van der Waals surface area contributed by atoms with Crippen molar-refractivity contribution >= 4 is 23.4 Å². The average molecular weight is 486 g/mol. The van der Waals surface area contributed by atoms with Crippen molar-refractivity contribution in [3.8, 4) is 11.5 Å². The Kier molecular flexibility index (Phi) is 6.33. The van der Waals surface area contributed by atoms with Crippen molar-refractivity contribution in [3.05, 3.63) is 89.5 Å². The van der Waals surface area contributed by atoms with Crippen LogP contribution in [0, 0.1) is 17.8 Å². The highest BCUT2D eigenvalue weighted by Crippen LogP contribution is 2.52. The molecule has 2 aliphatic rings. The molecule has 3 aromatic carbocycles. The van der Waals surface area contributed by atoms with Gasteiger partial charge in [-0.25, -0.2) is 0 Å². The second kappa shape index (κ2) is 9.73. The van der Waals surface area contributed by atoms with Crippen LogP contribution in [0.15, 0.2) is 72.8 Å². The molecule has 3 aromatic rings. The summed E-state index contributed by atoms with van der Waals surface area (Å²) in [5.74, 6) is -0.0862. The van der Waals surface area contributed by atoms with Gasteiger partial charge in [0.25, 0.3) is 11.8 Å². The largest absolute Gasteiger partial charge is 0.507 e. The van der Waals surface area contributed by atoms with Gasteiger partial charge in [0.1, 0.15) is 18.1 Å². The lowest BCUT2D eigenvalue weighted by Crippen LogP contribution is -2.33. The number of aromatic hydroxyl groups is 1.